The molecule has 0 bridgehead atoms. The highest BCUT2D eigenvalue weighted by Gasteiger charge is 2.17. The molecule has 1 atom stereocenters. The minimum Gasteiger partial charge on any atom is -0.478 e. The number of hydrogen-bond donors (Lipinski definition) is 2. The van der Waals surface area contributed by atoms with Crippen LogP contribution in [0.4, 0.5) is 5.69 Å². The predicted octanol–water partition coefficient (Wildman–Crippen LogP) is 2.28. The normalized spacial score (nSPS) is 21.3. The molecule has 1 unspecified atom stereocenters. The molecule has 4 nitrogen and oxygen atoms in total. The maximum absolute atomic E-state index is 11.1. The number of para-hydroxylation sites is 1. The van der Waals surface area contributed by atoms with Gasteiger partial charge in [-0.1, -0.05) is 12.1 Å². The summed E-state index contributed by atoms with van der Waals surface area (Å²) in [5, 5.41) is 12.5. The standard InChI is InChI=1S/C14H20N2O2/c1-16-9-4-5-11(8-10-16)15-13-7-3-2-6-12(13)14(17)18/h2-3,6-7,11,15H,4-5,8-10H2,1H3,(H,17,18). The zero-order chi connectivity index (χ0) is 13.0. The third kappa shape index (κ3) is 3.23. The molecule has 1 aliphatic heterocycles. The lowest BCUT2D eigenvalue weighted by atomic mass is 10.1. The molecular weight excluding hydrogens is 228 g/mol. The summed E-state index contributed by atoms with van der Waals surface area (Å²) in [6.07, 6.45) is 3.31. The number of anilines is 1. The van der Waals surface area contributed by atoms with Gasteiger partial charge in [-0.2, -0.15) is 0 Å². The van der Waals surface area contributed by atoms with Gasteiger partial charge in [0.25, 0.3) is 0 Å². The number of likely N-dealkylation sites (tertiary alicyclic amines) is 1. The zero-order valence-corrected chi connectivity index (χ0v) is 10.7. The Labute approximate surface area is 108 Å². The van der Waals surface area contributed by atoms with Crippen LogP contribution in [0, 0.1) is 0 Å². The van der Waals surface area contributed by atoms with Crippen molar-refractivity contribution in [2.75, 3.05) is 25.5 Å². The molecule has 0 aliphatic carbocycles. The highest BCUT2D eigenvalue weighted by Crippen LogP contribution is 2.20. The van der Waals surface area contributed by atoms with Crippen LogP contribution in [0.1, 0.15) is 29.6 Å². The molecule has 1 saturated heterocycles. The van der Waals surface area contributed by atoms with Crippen LogP contribution < -0.4 is 5.32 Å². The monoisotopic (exact) mass is 248 g/mol. The Balaban J connectivity index is 2.06. The van der Waals surface area contributed by atoms with E-state index in [2.05, 4.69) is 17.3 Å². The van der Waals surface area contributed by atoms with Gasteiger partial charge in [0.15, 0.2) is 0 Å². The molecule has 1 heterocycles. The molecule has 1 fully saturated rings. The molecule has 2 rings (SSSR count). The van der Waals surface area contributed by atoms with Crippen LogP contribution in [-0.4, -0.2) is 42.2 Å². The maximum atomic E-state index is 11.1. The minimum atomic E-state index is -0.871. The van der Waals surface area contributed by atoms with E-state index in [1.807, 2.05) is 12.1 Å². The third-order valence-corrected chi connectivity index (χ3v) is 3.47. The highest BCUT2D eigenvalue weighted by molar-refractivity contribution is 5.94. The van der Waals surface area contributed by atoms with Gasteiger partial charge in [-0.15, -0.1) is 0 Å². The van der Waals surface area contributed by atoms with Crippen LogP contribution in [0.15, 0.2) is 24.3 Å². The third-order valence-electron chi connectivity index (χ3n) is 3.47. The summed E-state index contributed by atoms with van der Waals surface area (Å²) in [4.78, 5) is 13.5. The first-order chi connectivity index (χ1) is 8.66. The summed E-state index contributed by atoms with van der Waals surface area (Å²) in [6, 6.07) is 7.49. The number of aromatic carboxylic acids is 1. The molecule has 0 radical (unpaired) electrons. The van der Waals surface area contributed by atoms with Gasteiger partial charge in [0, 0.05) is 11.7 Å². The lowest BCUT2D eigenvalue weighted by molar-refractivity contribution is 0.0698. The van der Waals surface area contributed by atoms with Crippen LogP contribution in [-0.2, 0) is 0 Å². The average Bonchev–Trinajstić information content (AvgIpc) is 2.55. The van der Waals surface area contributed by atoms with E-state index in [-0.39, 0.29) is 0 Å². The van der Waals surface area contributed by atoms with Crippen molar-refractivity contribution in [1.82, 2.24) is 4.90 Å². The van der Waals surface area contributed by atoms with Gasteiger partial charge in [-0.25, -0.2) is 4.79 Å². The van der Waals surface area contributed by atoms with Crippen molar-refractivity contribution in [2.45, 2.75) is 25.3 Å². The second-order valence-corrected chi connectivity index (χ2v) is 4.93. The van der Waals surface area contributed by atoms with E-state index < -0.39 is 5.97 Å². The summed E-state index contributed by atoms with van der Waals surface area (Å²) in [6.45, 7) is 2.19. The number of nitrogens with one attached hydrogen (secondary N) is 1. The van der Waals surface area contributed by atoms with Crippen molar-refractivity contribution in [3.8, 4) is 0 Å². The lowest BCUT2D eigenvalue weighted by Gasteiger charge is -2.19. The predicted molar refractivity (Wildman–Crippen MR) is 72.2 cm³/mol. The van der Waals surface area contributed by atoms with Gasteiger partial charge in [-0.3, -0.25) is 0 Å². The van der Waals surface area contributed by atoms with E-state index in [9.17, 15) is 4.79 Å². The Morgan fingerprint density at radius 3 is 2.89 bits per heavy atom. The number of carboxylic acid groups (broad SMARTS) is 1. The number of nitrogens with zero attached hydrogens (tertiary/aromatic N) is 1. The molecular formula is C14H20N2O2. The summed E-state index contributed by atoms with van der Waals surface area (Å²) in [5.41, 5.74) is 1.09. The average molecular weight is 248 g/mol. The van der Waals surface area contributed by atoms with Gasteiger partial charge in [0.05, 0.1) is 5.56 Å². The molecule has 1 aliphatic rings. The first-order valence-electron chi connectivity index (χ1n) is 6.44. The first-order valence-corrected chi connectivity index (χ1v) is 6.44. The van der Waals surface area contributed by atoms with Gasteiger partial charge in [0.1, 0.15) is 0 Å². The Hall–Kier alpha value is -1.55. The van der Waals surface area contributed by atoms with Crippen LogP contribution in [0.25, 0.3) is 0 Å². The smallest absolute Gasteiger partial charge is 0.337 e. The van der Waals surface area contributed by atoms with E-state index in [0.717, 1.165) is 38.0 Å². The number of rotatable bonds is 3. The van der Waals surface area contributed by atoms with Crippen molar-refractivity contribution in [2.24, 2.45) is 0 Å². The number of carboxylic acids is 1. The first kappa shape index (κ1) is 12.9. The Morgan fingerprint density at radius 2 is 2.11 bits per heavy atom. The van der Waals surface area contributed by atoms with Crippen molar-refractivity contribution in [3.05, 3.63) is 29.8 Å². The minimum absolute atomic E-state index is 0.357. The van der Waals surface area contributed by atoms with Gasteiger partial charge >= 0.3 is 5.97 Å². The molecule has 0 aromatic heterocycles. The fourth-order valence-electron chi connectivity index (χ4n) is 2.40. The lowest BCUT2D eigenvalue weighted by Crippen LogP contribution is -2.23. The zero-order valence-electron chi connectivity index (χ0n) is 10.7. The van der Waals surface area contributed by atoms with Gasteiger partial charge in [-0.05, 0) is 51.5 Å². The SMILES string of the molecule is CN1CCCC(Nc2ccccc2C(=O)O)CC1. The van der Waals surface area contributed by atoms with Crippen LogP contribution in [0.5, 0.6) is 0 Å². The molecule has 0 saturated carbocycles. The fourth-order valence-corrected chi connectivity index (χ4v) is 2.40. The molecule has 0 spiro atoms. The summed E-state index contributed by atoms with van der Waals surface area (Å²) in [5.74, 6) is -0.871. The molecule has 4 heteroatoms. The molecule has 1 aromatic rings. The van der Waals surface area contributed by atoms with Crippen molar-refractivity contribution < 1.29 is 9.90 Å². The van der Waals surface area contributed by atoms with Crippen LogP contribution in [0.3, 0.4) is 0 Å². The molecule has 98 valence electrons. The number of hydrogen-bond acceptors (Lipinski definition) is 3. The largest absolute Gasteiger partial charge is 0.478 e. The molecule has 0 amide bonds. The topological polar surface area (TPSA) is 52.6 Å². The van der Waals surface area contributed by atoms with Crippen molar-refractivity contribution >= 4 is 11.7 Å². The van der Waals surface area contributed by atoms with E-state index in [4.69, 9.17) is 5.11 Å². The van der Waals surface area contributed by atoms with E-state index in [0.29, 0.717) is 11.6 Å². The Kier molecular flexibility index (Phi) is 4.20. The highest BCUT2D eigenvalue weighted by atomic mass is 16.4. The number of benzene rings is 1. The van der Waals surface area contributed by atoms with Gasteiger partial charge in [0.2, 0.25) is 0 Å². The van der Waals surface area contributed by atoms with Crippen LogP contribution >= 0.6 is 0 Å². The second-order valence-electron chi connectivity index (χ2n) is 4.93. The molecule has 1 aromatic carbocycles. The van der Waals surface area contributed by atoms with E-state index in [1.54, 1.807) is 12.1 Å². The molecule has 2 N–H and O–H groups in total. The van der Waals surface area contributed by atoms with Gasteiger partial charge < -0.3 is 15.3 Å². The summed E-state index contributed by atoms with van der Waals surface area (Å²) >= 11 is 0. The van der Waals surface area contributed by atoms with E-state index in [1.165, 1.54) is 0 Å². The fraction of sp³-hybridized carbons (Fsp3) is 0.500. The van der Waals surface area contributed by atoms with E-state index >= 15 is 0 Å². The quantitative estimate of drug-likeness (QED) is 0.861. The second kappa shape index (κ2) is 5.87. The summed E-state index contributed by atoms with van der Waals surface area (Å²) < 4.78 is 0. The summed E-state index contributed by atoms with van der Waals surface area (Å²) in [7, 11) is 2.13. The van der Waals surface area contributed by atoms with Crippen LogP contribution in [0.2, 0.25) is 0 Å². The maximum Gasteiger partial charge on any atom is 0.337 e. The number of carbonyl (C=O) groups is 1. The Bertz CT molecular complexity index is 420. The Morgan fingerprint density at radius 1 is 1.33 bits per heavy atom. The molecule has 18 heavy (non-hydrogen) atoms. The van der Waals surface area contributed by atoms with Crippen molar-refractivity contribution in [3.63, 3.8) is 0 Å². The van der Waals surface area contributed by atoms with Crippen molar-refractivity contribution in [1.29, 1.82) is 0 Å².